The highest BCUT2D eigenvalue weighted by Crippen LogP contribution is 1.99. The Morgan fingerprint density at radius 3 is 1.80 bits per heavy atom. The van der Waals surface area contributed by atoms with Gasteiger partial charge in [-0.2, -0.15) is 0 Å². The van der Waals surface area contributed by atoms with Gasteiger partial charge < -0.3 is 23.8 Å². The van der Waals surface area contributed by atoms with Gasteiger partial charge in [-0.1, -0.05) is 0 Å². The zero-order chi connectivity index (χ0) is 19.2. The minimum atomic E-state index is -0.947. The third-order valence-electron chi connectivity index (χ3n) is 2.71. The van der Waals surface area contributed by atoms with Gasteiger partial charge in [0.25, 0.3) is 0 Å². The number of hydrogen-bond acceptors (Lipinski definition) is 7. The SMILES string of the molecule is CCOC(=O)/C=C/C(=O)OC(=O)N(CCOC(C)C)CCOC(C)C. The minimum absolute atomic E-state index is 0.0268. The summed E-state index contributed by atoms with van der Waals surface area (Å²) in [5.74, 6) is -1.63. The first-order valence-corrected chi connectivity index (χ1v) is 8.35. The summed E-state index contributed by atoms with van der Waals surface area (Å²) in [6.07, 6.45) is 0.993. The van der Waals surface area contributed by atoms with E-state index in [0.717, 1.165) is 12.2 Å². The third-order valence-corrected chi connectivity index (χ3v) is 2.71. The monoisotopic (exact) mass is 359 g/mol. The molecule has 0 saturated heterocycles. The molecule has 0 radical (unpaired) electrons. The van der Waals surface area contributed by atoms with Crippen LogP contribution in [0.3, 0.4) is 0 Å². The molecule has 0 rings (SSSR count). The van der Waals surface area contributed by atoms with Crippen LogP contribution in [-0.4, -0.2) is 68.0 Å². The number of rotatable bonds is 11. The molecule has 144 valence electrons. The van der Waals surface area contributed by atoms with Crippen LogP contribution in [0.4, 0.5) is 4.79 Å². The highest BCUT2D eigenvalue weighted by Gasteiger charge is 2.18. The summed E-state index contributed by atoms with van der Waals surface area (Å²) < 4.78 is 20.2. The number of carbonyl (C=O) groups excluding carboxylic acids is 3. The van der Waals surface area contributed by atoms with Crippen molar-refractivity contribution in [2.75, 3.05) is 32.9 Å². The van der Waals surface area contributed by atoms with E-state index in [1.165, 1.54) is 4.90 Å². The molecule has 0 saturated carbocycles. The van der Waals surface area contributed by atoms with Gasteiger partial charge in [0, 0.05) is 25.2 Å². The van der Waals surface area contributed by atoms with Gasteiger partial charge >= 0.3 is 18.0 Å². The second kappa shape index (κ2) is 13.4. The summed E-state index contributed by atoms with van der Waals surface area (Å²) in [6.45, 7) is 10.5. The number of hydrogen-bond donors (Lipinski definition) is 0. The number of ether oxygens (including phenoxy) is 4. The van der Waals surface area contributed by atoms with Gasteiger partial charge in [0.1, 0.15) is 0 Å². The van der Waals surface area contributed by atoms with Gasteiger partial charge in [-0.15, -0.1) is 0 Å². The summed E-state index contributed by atoms with van der Waals surface area (Å²) in [5, 5.41) is 0. The van der Waals surface area contributed by atoms with Crippen molar-refractivity contribution in [1.29, 1.82) is 0 Å². The van der Waals surface area contributed by atoms with Crippen molar-refractivity contribution < 1.29 is 33.3 Å². The quantitative estimate of drug-likeness (QED) is 0.316. The average Bonchev–Trinajstić information content (AvgIpc) is 2.51. The van der Waals surface area contributed by atoms with E-state index in [4.69, 9.17) is 14.2 Å². The van der Waals surface area contributed by atoms with Crippen molar-refractivity contribution in [3.8, 4) is 0 Å². The lowest BCUT2D eigenvalue weighted by Crippen LogP contribution is -2.38. The van der Waals surface area contributed by atoms with Crippen LogP contribution in [0.2, 0.25) is 0 Å². The molecule has 0 atom stereocenters. The summed E-state index contributed by atoms with van der Waals surface area (Å²) >= 11 is 0. The number of carbonyl (C=O) groups is 3. The predicted molar refractivity (Wildman–Crippen MR) is 91.0 cm³/mol. The average molecular weight is 359 g/mol. The van der Waals surface area contributed by atoms with Crippen LogP contribution in [0.25, 0.3) is 0 Å². The fourth-order valence-electron chi connectivity index (χ4n) is 1.60. The lowest BCUT2D eigenvalue weighted by atomic mass is 10.4. The van der Waals surface area contributed by atoms with E-state index < -0.39 is 18.0 Å². The van der Waals surface area contributed by atoms with Crippen molar-refractivity contribution in [2.45, 2.75) is 46.8 Å². The molecule has 0 N–H and O–H groups in total. The second-order valence-corrected chi connectivity index (χ2v) is 5.60. The largest absolute Gasteiger partial charge is 0.463 e. The zero-order valence-electron chi connectivity index (χ0n) is 15.6. The Kier molecular flexibility index (Phi) is 12.3. The highest BCUT2D eigenvalue weighted by molar-refractivity contribution is 5.96. The molecule has 0 spiro atoms. The van der Waals surface area contributed by atoms with Crippen molar-refractivity contribution >= 4 is 18.0 Å². The first-order valence-electron chi connectivity index (χ1n) is 8.35. The molecule has 0 unspecified atom stereocenters. The Morgan fingerprint density at radius 2 is 1.36 bits per heavy atom. The maximum atomic E-state index is 12.1. The van der Waals surface area contributed by atoms with E-state index in [9.17, 15) is 14.4 Å². The molecule has 25 heavy (non-hydrogen) atoms. The first kappa shape index (κ1) is 23.1. The maximum absolute atomic E-state index is 12.1. The standard InChI is InChI=1S/C17H29NO7/c1-6-22-15(19)7-8-16(20)25-17(21)18(9-11-23-13(2)3)10-12-24-14(4)5/h7-8,13-14H,6,9-12H2,1-5H3/b8-7+. The summed E-state index contributed by atoms with van der Waals surface area (Å²) in [7, 11) is 0. The number of amides is 1. The Hall–Kier alpha value is -1.93. The van der Waals surface area contributed by atoms with E-state index in [0.29, 0.717) is 13.2 Å². The highest BCUT2D eigenvalue weighted by atomic mass is 16.6. The molecule has 0 aliphatic carbocycles. The Morgan fingerprint density at radius 1 is 0.880 bits per heavy atom. The lowest BCUT2D eigenvalue weighted by Gasteiger charge is -2.22. The third kappa shape index (κ3) is 13.1. The number of nitrogens with zero attached hydrogens (tertiary/aromatic N) is 1. The Balaban J connectivity index is 4.55. The van der Waals surface area contributed by atoms with Gasteiger partial charge in [0.2, 0.25) is 0 Å². The van der Waals surface area contributed by atoms with Gasteiger partial charge in [-0.05, 0) is 34.6 Å². The van der Waals surface area contributed by atoms with Crippen LogP contribution in [0.15, 0.2) is 12.2 Å². The molecule has 0 fully saturated rings. The van der Waals surface area contributed by atoms with Crippen LogP contribution in [0.5, 0.6) is 0 Å². The Labute approximate surface area is 149 Å². The fourth-order valence-corrected chi connectivity index (χ4v) is 1.60. The van der Waals surface area contributed by atoms with Crippen molar-refractivity contribution in [3.63, 3.8) is 0 Å². The molecule has 0 aromatic carbocycles. The maximum Gasteiger partial charge on any atom is 0.417 e. The van der Waals surface area contributed by atoms with E-state index in [1.54, 1.807) is 6.92 Å². The van der Waals surface area contributed by atoms with E-state index in [1.807, 2.05) is 27.7 Å². The van der Waals surface area contributed by atoms with Crippen LogP contribution >= 0.6 is 0 Å². The molecule has 0 aliphatic rings. The molecule has 0 bridgehead atoms. The van der Waals surface area contributed by atoms with E-state index in [2.05, 4.69) is 4.74 Å². The minimum Gasteiger partial charge on any atom is -0.463 e. The Bertz CT molecular complexity index is 432. The molecule has 8 heteroatoms. The second-order valence-electron chi connectivity index (χ2n) is 5.60. The van der Waals surface area contributed by atoms with Crippen LogP contribution < -0.4 is 0 Å². The molecular formula is C17H29NO7. The first-order chi connectivity index (χ1) is 11.8. The summed E-state index contributed by atoms with van der Waals surface area (Å²) in [6, 6.07) is 0. The van der Waals surface area contributed by atoms with Gasteiger partial charge in [0.15, 0.2) is 0 Å². The van der Waals surface area contributed by atoms with Crippen molar-refractivity contribution in [3.05, 3.63) is 12.2 Å². The molecule has 1 amide bonds. The van der Waals surface area contributed by atoms with Crippen LogP contribution in [0.1, 0.15) is 34.6 Å². The van der Waals surface area contributed by atoms with Crippen molar-refractivity contribution in [2.24, 2.45) is 0 Å². The van der Waals surface area contributed by atoms with Gasteiger partial charge in [-0.25, -0.2) is 14.4 Å². The smallest absolute Gasteiger partial charge is 0.417 e. The molecule has 0 aromatic heterocycles. The topological polar surface area (TPSA) is 91.4 Å². The molecule has 0 aliphatic heterocycles. The predicted octanol–water partition coefficient (Wildman–Crippen LogP) is 1.92. The molecule has 0 aromatic rings. The fraction of sp³-hybridized carbons (Fsp3) is 0.706. The summed E-state index contributed by atoms with van der Waals surface area (Å²) in [5.41, 5.74) is 0. The number of esters is 2. The van der Waals surface area contributed by atoms with E-state index >= 15 is 0 Å². The van der Waals surface area contributed by atoms with Gasteiger partial charge in [-0.3, -0.25) is 0 Å². The lowest BCUT2D eigenvalue weighted by molar-refractivity contribution is -0.138. The molecule has 0 heterocycles. The molecule has 8 nitrogen and oxygen atoms in total. The molecular weight excluding hydrogens is 330 g/mol. The van der Waals surface area contributed by atoms with Gasteiger partial charge in [0.05, 0.1) is 32.0 Å². The zero-order valence-corrected chi connectivity index (χ0v) is 15.6. The summed E-state index contributed by atoms with van der Waals surface area (Å²) in [4.78, 5) is 36.2. The van der Waals surface area contributed by atoms with E-state index in [-0.39, 0.29) is 31.9 Å². The van der Waals surface area contributed by atoms with Crippen LogP contribution in [-0.2, 0) is 28.5 Å². The van der Waals surface area contributed by atoms with Crippen LogP contribution in [0, 0.1) is 0 Å². The van der Waals surface area contributed by atoms with Crippen molar-refractivity contribution in [1.82, 2.24) is 4.90 Å². The normalized spacial score (nSPS) is 11.2.